The Kier molecular flexibility index (Phi) is 4.95. The number of ether oxygens (including phenoxy) is 1. The molecule has 2 aromatic heterocycles. The number of hydrogen-bond acceptors (Lipinski definition) is 7. The first-order chi connectivity index (χ1) is 15.2. The number of methoxy groups -OCH3 is 1. The van der Waals surface area contributed by atoms with Crippen molar-refractivity contribution in [2.75, 3.05) is 13.7 Å². The van der Waals surface area contributed by atoms with Gasteiger partial charge < -0.3 is 4.74 Å². The molecule has 5 rings (SSSR count). The highest BCUT2D eigenvalue weighted by Crippen LogP contribution is 2.25. The lowest BCUT2D eigenvalue weighted by molar-refractivity contribution is 0.0652. The molecule has 8 nitrogen and oxygen atoms in total. The van der Waals surface area contributed by atoms with Crippen LogP contribution in [0.4, 0.5) is 0 Å². The van der Waals surface area contributed by atoms with Gasteiger partial charge in [-0.05, 0) is 49.2 Å². The second-order valence-electron chi connectivity index (χ2n) is 7.21. The van der Waals surface area contributed by atoms with Crippen LogP contribution in [0.25, 0.3) is 16.3 Å². The zero-order valence-corrected chi connectivity index (χ0v) is 17.6. The fraction of sp³-hybridized carbons (Fsp3) is 0.227. The maximum Gasteiger partial charge on any atom is 0.261 e. The van der Waals surface area contributed by atoms with Crippen molar-refractivity contribution in [2.45, 2.75) is 19.3 Å². The van der Waals surface area contributed by atoms with E-state index in [9.17, 15) is 9.59 Å². The highest BCUT2D eigenvalue weighted by molar-refractivity contribution is 7.16. The summed E-state index contributed by atoms with van der Waals surface area (Å²) in [7, 11) is 1.63. The van der Waals surface area contributed by atoms with Crippen LogP contribution in [0.1, 0.15) is 38.6 Å². The van der Waals surface area contributed by atoms with E-state index in [1.54, 1.807) is 35.9 Å². The van der Waals surface area contributed by atoms with Crippen molar-refractivity contribution < 1.29 is 14.3 Å². The molecule has 0 unspecified atom stereocenters. The van der Waals surface area contributed by atoms with Gasteiger partial charge in [0.2, 0.25) is 4.96 Å². The van der Waals surface area contributed by atoms with Gasteiger partial charge in [0, 0.05) is 18.5 Å². The quantitative estimate of drug-likeness (QED) is 0.327. The number of hydrogen-bond donors (Lipinski definition) is 0. The van der Waals surface area contributed by atoms with Gasteiger partial charge in [-0.3, -0.25) is 14.5 Å². The molecule has 0 atom stereocenters. The molecule has 3 heterocycles. The van der Waals surface area contributed by atoms with E-state index in [2.05, 4.69) is 15.3 Å². The number of amides is 2. The van der Waals surface area contributed by atoms with E-state index < -0.39 is 0 Å². The Labute approximate surface area is 182 Å². The number of carbonyl (C=O) groups is 2. The first-order valence-electron chi connectivity index (χ1n) is 9.96. The largest absolute Gasteiger partial charge is 0.497 e. The van der Waals surface area contributed by atoms with Crippen molar-refractivity contribution in [2.24, 2.45) is 0 Å². The molecule has 0 N–H and O–H groups in total. The van der Waals surface area contributed by atoms with E-state index in [1.165, 1.54) is 16.2 Å². The number of nitrogens with zero attached hydrogens (tertiary/aromatic N) is 5. The van der Waals surface area contributed by atoms with Gasteiger partial charge in [0.1, 0.15) is 10.8 Å². The summed E-state index contributed by atoms with van der Waals surface area (Å²) in [5.74, 6) is 1.06. The molecule has 0 aliphatic carbocycles. The molecule has 1 aliphatic heterocycles. The third-order valence-electron chi connectivity index (χ3n) is 5.28. The van der Waals surface area contributed by atoms with Crippen LogP contribution in [0.15, 0.2) is 48.5 Å². The van der Waals surface area contributed by atoms with E-state index >= 15 is 0 Å². The van der Waals surface area contributed by atoms with Gasteiger partial charge in [-0.25, -0.2) is 0 Å². The van der Waals surface area contributed by atoms with Crippen LogP contribution in [-0.2, 0) is 6.42 Å². The van der Waals surface area contributed by atoms with E-state index in [0.29, 0.717) is 23.5 Å². The van der Waals surface area contributed by atoms with Crippen LogP contribution in [0.2, 0.25) is 0 Å². The normalized spacial score (nSPS) is 13.3. The van der Waals surface area contributed by atoms with Crippen LogP contribution >= 0.6 is 11.3 Å². The number of unbranched alkanes of at least 4 members (excludes halogenated alkanes) is 1. The van der Waals surface area contributed by atoms with Crippen molar-refractivity contribution in [3.8, 4) is 17.1 Å². The van der Waals surface area contributed by atoms with Crippen LogP contribution in [-0.4, -0.2) is 50.2 Å². The highest BCUT2D eigenvalue weighted by atomic mass is 32.1. The number of aromatic nitrogens is 4. The second-order valence-corrected chi connectivity index (χ2v) is 8.25. The minimum Gasteiger partial charge on any atom is -0.497 e. The summed E-state index contributed by atoms with van der Waals surface area (Å²) in [4.78, 5) is 26.9. The molecular weight excluding hydrogens is 414 g/mol. The molecule has 1 aliphatic rings. The summed E-state index contributed by atoms with van der Waals surface area (Å²) in [6.45, 7) is 0.410. The highest BCUT2D eigenvalue weighted by Gasteiger charge is 2.34. The maximum absolute atomic E-state index is 12.4. The molecule has 0 spiro atoms. The Morgan fingerprint density at radius 3 is 2.32 bits per heavy atom. The average molecular weight is 433 g/mol. The maximum atomic E-state index is 12.4. The lowest BCUT2D eigenvalue weighted by Gasteiger charge is -2.12. The van der Waals surface area contributed by atoms with Crippen molar-refractivity contribution in [1.82, 2.24) is 24.7 Å². The van der Waals surface area contributed by atoms with Crippen molar-refractivity contribution in [3.05, 3.63) is 64.7 Å². The molecule has 0 bridgehead atoms. The number of rotatable bonds is 7. The van der Waals surface area contributed by atoms with Crippen LogP contribution in [0.5, 0.6) is 5.75 Å². The fourth-order valence-corrected chi connectivity index (χ4v) is 4.54. The lowest BCUT2D eigenvalue weighted by Crippen LogP contribution is -2.30. The summed E-state index contributed by atoms with van der Waals surface area (Å²) < 4.78 is 6.96. The van der Waals surface area contributed by atoms with Crippen LogP contribution in [0.3, 0.4) is 0 Å². The minimum absolute atomic E-state index is 0.205. The van der Waals surface area contributed by atoms with Gasteiger partial charge in [0.15, 0.2) is 5.82 Å². The smallest absolute Gasteiger partial charge is 0.261 e. The van der Waals surface area contributed by atoms with Gasteiger partial charge in [-0.2, -0.15) is 9.61 Å². The van der Waals surface area contributed by atoms with Crippen LogP contribution < -0.4 is 4.74 Å². The third-order valence-corrected chi connectivity index (χ3v) is 6.24. The number of imide groups is 1. The van der Waals surface area contributed by atoms with E-state index in [4.69, 9.17) is 4.74 Å². The van der Waals surface area contributed by atoms with Gasteiger partial charge in [-0.15, -0.1) is 10.2 Å². The topological polar surface area (TPSA) is 89.7 Å². The standard InChI is InChI=1S/C22H19N5O3S/c1-30-15-11-9-14(10-12-15)19-23-24-22-27(19)25-18(31-22)8-4-5-13-26-20(28)16-6-2-3-7-17(16)21(26)29/h2-3,6-7,9-12H,4-5,8,13H2,1H3. The summed E-state index contributed by atoms with van der Waals surface area (Å²) in [5, 5.41) is 14.1. The summed E-state index contributed by atoms with van der Waals surface area (Å²) in [6, 6.07) is 14.6. The predicted molar refractivity (Wildman–Crippen MR) is 115 cm³/mol. The van der Waals surface area contributed by atoms with Gasteiger partial charge in [-0.1, -0.05) is 23.5 Å². The van der Waals surface area contributed by atoms with Crippen molar-refractivity contribution in [1.29, 1.82) is 0 Å². The van der Waals surface area contributed by atoms with Crippen LogP contribution in [0, 0.1) is 0 Å². The number of carbonyl (C=O) groups excluding carboxylic acids is 2. The molecular formula is C22H19N5O3S. The molecule has 0 radical (unpaired) electrons. The van der Waals surface area contributed by atoms with E-state index in [0.717, 1.165) is 40.5 Å². The Hall–Kier alpha value is -3.59. The summed E-state index contributed by atoms with van der Waals surface area (Å²) in [5.41, 5.74) is 1.90. The zero-order chi connectivity index (χ0) is 21.4. The van der Waals surface area contributed by atoms with Gasteiger partial charge in [0.05, 0.1) is 18.2 Å². The minimum atomic E-state index is -0.205. The van der Waals surface area contributed by atoms with E-state index in [1.807, 2.05) is 24.3 Å². The molecule has 9 heteroatoms. The Bertz CT molecular complexity index is 1240. The SMILES string of the molecule is COc1ccc(-c2nnc3sc(CCCCN4C(=O)c5ccccc5C4=O)nn23)cc1. The Morgan fingerprint density at radius 2 is 1.65 bits per heavy atom. The summed E-state index contributed by atoms with van der Waals surface area (Å²) in [6.07, 6.45) is 2.28. The average Bonchev–Trinajstić information content (AvgIpc) is 3.45. The molecule has 2 aromatic carbocycles. The molecule has 4 aromatic rings. The van der Waals surface area contributed by atoms with Gasteiger partial charge in [0.25, 0.3) is 11.8 Å². The van der Waals surface area contributed by atoms with Crippen molar-refractivity contribution >= 4 is 28.1 Å². The Balaban J connectivity index is 1.22. The van der Waals surface area contributed by atoms with E-state index in [-0.39, 0.29) is 11.8 Å². The monoisotopic (exact) mass is 433 g/mol. The molecule has 2 amide bonds. The molecule has 0 saturated carbocycles. The third kappa shape index (κ3) is 3.46. The molecule has 156 valence electrons. The Morgan fingerprint density at radius 1 is 0.935 bits per heavy atom. The fourth-order valence-electron chi connectivity index (χ4n) is 3.67. The number of fused-ring (bicyclic) bond motifs is 2. The lowest BCUT2D eigenvalue weighted by atomic mass is 10.1. The molecule has 0 saturated heterocycles. The summed E-state index contributed by atoms with van der Waals surface area (Å²) >= 11 is 1.50. The second kappa shape index (κ2) is 7.92. The molecule has 0 fully saturated rings. The number of benzene rings is 2. The van der Waals surface area contributed by atoms with Crippen molar-refractivity contribution in [3.63, 3.8) is 0 Å². The van der Waals surface area contributed by atoms with Gasteiger partial charge >= 0.3 is 0 Å². The number of aryl methyl sites for hydroxylation is 1. The predicted octanol–water partition coefficient (Wildman–Crippen LogP) is 3.48. The zero-order valence-electron chi connectivity index (χ0n) is 16.8. The first kappa shape index (κ1) is 19.4. The first-order valence-corrected chi connectivity index (χ1v) is 10.8. The molecule has 31 heavy (non-hydrogen) atoms.